The van der Waals surface area contributed by atoms with Crippen molar-refractivity contribution < 1.29 is 9.21 Å². The second kappa shape index (κ2) is 7.47. The van der Waals surface area contributed by atoms with Crippen molar-refractivity contribution in [3.63, 3.8) is 0 Å². The van der Waals surface area contributed by atoms with Gasteiger partial charge in [0.25, 0.3) is 0 Å². The topological polar surface area (TPSA) is 49.6 Å². The van der Waals surface area contributed by atoms with Crippen LogP contribution in [-0.4, -0.2) is 46.9 Å². The van der Waals surface area contributed by atoms with Crippen molar-refractivity contribution in [2.24, 2.45) is 5.92 Å². The summed E-state index contributed by atoms with van der Waals surface area (Å²) in [4.78, 5) is 21.0. The summed E-state index contributed by atoms with van der Waals surface area (Å²) in [7, 11) is 0. The largest absolute Gasteiger partial charge is 0.444 e. The zero-order valence-electron chi connectivity index (χ0n) is 15.3. The molecule has 0 bridgehead atoms. The summed E-state index contributed by atoms with van der Waals surface area (Å²) in [5.41, 5.74) is -0.00982. The number of hydrogen-bond donors (Lipinski definition) is 0. The maximum absolute atomic E-state index is 12.2. The van der Waals surface area contributed by atoms with Gasteiger partial charge < -0.3 is 9.32 Å². The van der Waals surface area contributed by atoms with Crippen LogP contribution < -0.4 is 0 Å². The molecule has 0 spiro atoms. The van der Waals surface area contributed by atoms with Crippen LogP contribution in [-0.2, 0) is 16.8 Å². The first kappa shape index (κ1) is 18.0. The Morgan fingerprint density at radius 1 is 1.26 bits per heavy atom. The molecule has 2 heterocycles. The van der Waals surface area contributed by atoms with E-state index >= 15 is 0 Å². The second-order valence-electron chi connectivity index (χ2n) is 7.98. The Labute approximate surface area is 140 Å². The van der Waals surface area contributed by atoms with E-state index in [0.717, 1.165) is 50.8 Å². The highest BCUT2D eigenvalue weighted by molar-refractivity contribution is 5.76. The lowest BCUT2D eigenvalue weighted by Crippen LogP contribution is -2.35. The molecule has 1 saturated heterocycles. The minimum atomic E-state index is -0.00982. The Kier molecular flexibility index (Phi) is 5.84. The quantitative estimate of drug-likeness (QED) is 0.855. The lowest BCUT2D eigenvalue weighted by atomic mass is 9.94. The lowest BCUT2D eigenvalue weighted by Gasteiger charge is -2.22. The van der Waals surface area contributed by atoms with Gasteiger partial charge >= 0.3 is 0 Å². The summed E-state index contributed by atoms with van der Waals surface area (Å²) < 4.78 is 5.89. The fourth-order valence-electron chi connectivity index (χ4n) is 2.78. The maximum Gasteiger partial charge on any atom is 0.222 e. The van der Waals surface area contributed by atoms with Crippen molar-refractivity contribution in [3.8, 4) is 0 Å². The van der Waals surface area contributed by atoms with Crippen molar-refractivity contribution in [2.45, 2.75) is 59.4 Å². The van der Waals surface area contributed by atoms with Gasteiger partial charge in [-0.2, -0.15) is 0 Å². The molecule has 1 fully saturated rings. The fourth-order valence-corrected chi connectivity index (χ4v) is 2.78. The molecule has 5 heteroatoms. The van der Waals surface area contributed by atoms with Gasteiger partial charge in [-0.1, -0.05) is 34.6 Å². The van der Waals surface area contributed by atoms with Gasteiger partial charge in [-0.25, -0.2) is 4.98 Å². The van der Waals surface area contributed by atoms with Crippen LogP contribution in [0.3, 0.4) is 0 Å². The smallest absolute Gasteiger partial charge is 0.222 e. The molecule has 23 heavy (non-hydrogen) atoms. The van der Waals surface area contributed by atoms with Crippen LogP contribution in [0.25, 0.3) is 0 Å². The van der Waals surface area contributed by atoms with E-state index < -0.39 is 0 Å². The number of aromatic nitrogens is 1. The summed E-state index contributed by atoms with van der Waals surface area (Å²) in [5.74, 6) is 2.41. The molecule has 0 saturated carbocycles. The highest BCUT2D eigenvalue weighted by atomic mass is 16.4. The normalized spacial score (nSPS) is 17.6. The number of amides is 1. The first-order valence-corrected chi connectivity index (χ1v) is 8.71. The van der Waals surface area contributed by atoms with E-state index in [0.29, 0.717) is 12.3 Å². The van der Waals surface area contributed by atoms with Gasteiger partial charge in [0.15, 0.2) is 0 Å². The van der Waals surface area contributed by atoms with E-state index in [2.05, 4.69) is 44.5 Å². The SMILES string of the molecule is CC(C)CC(=O)N1CCCN(Cc2ncc(C(C)(C)C)o2)CC1. The number of oxazole rings is 1. The zero-order chi connectivity index (χ0) is 17.0. The highest BCUT2D eigenvalue weighted by Crippen LogP contribution is 2.23. The van der Waals surface area contributed by atoms with Gasteiger partial charge in [0.05, 0.1) is 12.7 Å². The van der Waals surface area contributed by atoms with E-state index in [1.807, 2.05) is 11.1 Å². The summed E-state index contributed by atoms with van der Waals surface area (Å²) in [6.07, 6.45) is 3.50. The molecule has 1 aromatic heterocycles. The Balaban J connectivity index is 1.88. The molecule has 0 radical (unpaired) electrons. The van der Waals surface area contributed by atoms with E-state index in [1.165, 1.54) is 0 Å². The van der Waals surface area contributed by atoms with E-state index in [-0.39, 0.29) is 11.3 Å². The van der Waals surface area contributed by atoms with Crippen LogP contribution in [0.5, 0.6) is 0 Å². The average Bonchev–Trinajstić information content (AvgIpc) is 2.77. The Hall–Kier alpha value is -1.36. The van der Waals surface area contributed by atoms with Crippen molar-refractivity contribution in [2.75, 3.05) is 26.2 Å². The van der Waals surface area contributed by atoms with Crippen molar-refractivity contribution in [1.29, 1.82) is 0 Å². The van der Waals surface area contributed by atoms with Gasteiger partial charge in [0.2, 0.25) is 11.8 Å². The number of hydrogen-bond acceptors (Lipinski definition) is 4. The van der Waals surface area contributed by atoms with Gasteiger partial charge in [-0.15, -0.1) is 0 Å². The lowest BCUT2D eigenvalue weighted by molar-refractivity contribution is -0.131. The third kappa shape index (κ3) is 5.34. The summed E-state index contributed by atoms with van der Waals surface area (Å²) in [6.45, 7) is 14.8. The first-order valence-electron chi connectivity index (χ1n) is 8.71. The molecular weight excluding hydrogens is 290 g/mol. The molecular formula is C18H31N3O2. The number of carbonyl (C=O) groups is 1. The molecule has 0 unspecified atom stereocenters. The molecule has 5 nitrogen and oxygen atoms in total. The van der Waals surface area contributed by atoms with E-state index in [1.54, 1.807) is 0 Å². The highest BCUT2D eigenvalue weighted by Gasteiger charge is 2.22. The number of carbonyl (C=O) groups excluding carboxylic acids is 1. The molecule has 0 N–H and O–H groups in total. The third-order valence-corrected chi connectivity index (χ3v) is 4.18. The summed E-state index contributed by atoms with van der Waals surface area (Å²) in [6, 6.07) is 0. The van der Waals surface area contributed by atoms with Crippen LogP contribution in [0.15, 0.2) is 10.6 Å². The van der Waals surface area contributed by atoms with Gasteiger partial charge in [0, 0.05) is 38.0 Å². The standard InChI is InChI=1S/C18H31N3O2/c1-14(2)11-17(22)21-8-6-7-20(9-10-21)13-16-19-12-15(23-16)18(3,4)5/h12,14H,6-11,13H2,1-5H3. The summed E-state index contributed by atoms with van der Waals surface area (Å²) >= 11 is 0. The third-order valence-electron chi connectivity index (χ3n) is 4.18. The predicted octanol–water partition coefficient (Wildman–Crippen LogP) is 3.05. The number of rotatable bonds is 4. The molecule has 0 aromatic carbocycles. The average molecular weight is 321 g/mol. The molecule has 1 aromatic rings. The fraction of sp³-hybridized carbons (Fsp3) is 0.778. The van der Waals surface area contributed by atoms with Crippen molar-refractivity contribution >= 4 is 5.91 Å². The monoisotopic (exact) mass is 321 g/mol. The Morgan fingerprint density at radius 3 is 2.61 bits per heavy atom. The molecule has 1 aliphatic heterocycles. The van der Waals surface area contributed by atoms with Crippen LogP contribution >= 0.6 is 0 Å². The Morgan fingerprint density at radius 2 is 2.00 bits per heavy atom. The van der Waals surface area contributed by atoms with E-state index in [4.69, 9.17) is 4.42 Å². The number of nitrogens with zero attached hydrogens (tertiary/aromatic N) is 3. The van der Waals surface area contributed by atoms with Gasteiger partial charge in [-0.3, -0.25) is 9.69 Å². The molecule has 1 aliphatic rings. The minimum Gasteiger partial charge on any atom is -0.444 e. The molecule has 0 aliphatic carbocycles. The van der Waals surface area contributed by atoms with Gasteiger partial charge in [-0.05, 0) is 12.3 Å². The molecule has 1 amide bonds. The van der Waals surface area contributed by atoms with E-state index in [9.17, 15) is 4.79 Å². The van der Waals surface area contributed by atoms with Gasteiger partial charge in [0.1, 0.15) is 5.76 Å². The zero-order valence-corrected chi connectivity index (χ0v) is 15.3. The molecule has 0 atom stereocenters. The van der Waals surface area contributed by atoms with Crippen LogP contribution in [0.2, 0.25) is 0 Å². The predicted molar refractivity (Wildman–Crippen MR) is 91.1 cm³/mol. The van der Waals surface area contributed by atoms with Crippen LogP contribution in [0, 0.1) is 5.92 Å². The second-order valence-corrected chi connectivity index (χ2v) is 7.98. The van der Waals surface area contributed by atoms with Crippen molar-refractivity contribution in [1.82, 2.24) is 14.8 Å². The van der Waals surface area contributed by atoms with Crippen molar-refractivity contribution in [3.05, 3.63) is 17.8 Å². The minimum absolute atomic E-state index is 0.00982. The first-order chi connectivity index (χ1) is 10.8. The van der Waals surface area contributed by atoms with Crippen LogP contribution in [0.1, 0.15) is 59.1 Å². The molecule has 130 valence electrons. The maximum atomic E-state index is 12.2. The summed E-state index contributed by atoms with van der Waals surface area (Å²) in [5, 5.41) is 0. The van der Waals surface area contributed by atoms with Crippen LogP contribution in [0.4, 0.5) is 0 Å². The molecule has 2 rings (SSSR count). The Bertz CT molecular complexity index is 517.